The Balaban J connectivity index is 1.40. The highest BCUT2D eigenvalue weighted by Gasteiger charge is 2.35. The zero-order valence-electron chi connectivity index (χ0n) is 19.7. The van der Waals surface area contributed by atoms with Crippen molar-refractivity contribution in [3.63, 3.8) is 0 Å². The van der Waals surface area contributed by atoms with Gasteiger partial charge in [0, 0.05) is 10.0 Å². The molecule has 0 saturated carbocycles. The molecule has 1 aliphatic heterocycles. The zero-order chi connectivity index (χ0) is 26.4. The fourth-order valence-corrected chi connectivity index (χ4v) is 4.80. The zero-order valence-corrected chi connectivity index (χ0v) is 22.9. The first-order chi connectivity index (χ1) is 17.8. The molecule has 1 heterocycles. The van der Waals surface area contributed by atoms with Gasteiger partial charge < -0.3 is 14.8 Å². The number of para-hydroxylation sites is 1. The van der Waals surface area contributed by atoms with E-state index in [9.17, 15) is 14.4 Å². The largest absolute Gasteiger partial charge is 0.492 e. The number of nitrogens with one attached hydrogen (secondary N) is 1. The van der Waals surface area contributed by atoms with Gasteiger partial charge in [0.1, 0.15) is 18.1 Å². The van der Waals surface area contributed by atoms with Gasteiger partial charge in [-0.25, -0.2) is 0 Å². The van der Waals surface area contributed by atoms with Gasteiger partial charge in [-0.2, -0.15) is 0 Å². The molecule has 3 amide bonds. The Morgan fingerprint density at radius 3 is 2.59 bits per heavy atom. The molecule has 0 aliphatic carbocycles. The van der Waals surface area contributed by atoms with Crippen LogP contribution >= 0.6 is 39.3 Å². The molecular weight excluding hydrogens is 580 g/mol. The van der Waals surface area contributed by atoms with Gasteiger partial charge in [-0.3, -0.25) is 19.3 Å². The molecule has 0 spiro atoms. The maximum atomic E-state index is 12.9. The molecule has 4 rings (SSSR count). The number of ether oxygens (including phenoxy) is 2. The molecule has 1 saturated heterocycles. The van der Waals surface area contributed by atoms with Gasteiger partial charge in [-0.15, -0.1) is 0 Å². The predicted octanol–water partition coefficient (Wildman–Crippen LogP) is 6.54. The highest BCUT2D eigenvalue weighted by Crippen LogP contribution is 2.35. The lowest BCUT2D eigenvalue weighted by Crippen LogP contribution is -2.32. The van der Waals surface area contributed by atoms with Gasteiger partial charge in [0.2, 0.25) is 0 Å². The minimum atomic E-state index is -0.412. The first kappa shape index (κ1) is 26.8. The number of aryl methyl sites for hydroxylation is 1. The van der Waals surface area contributed by atoms with E-state index in [4.69, 9.17) is 21.1 Å². The van der Waals surface area contributed by atoms with Crippen LogP contribution in [0.5, 0.6) is 11.5 Å². The van der Waals surface area contributed by atoms with E-state index in [0.717, 1.165) is 26.7 Å². The molecule has 0 atom stereocenters. The summed E-state index contributed by atoms with van der Waals surface area (Å²) in [4.78, 5) is 39.2. The summed E-state index contributed by atoms with van der Waals surface area (Å²) in [7, 11) is 0. The van der Waals surface area contributed by atoms with Crippen LogP contribution in [0.15, 0.2) is 76.1 Å². The molecule has 3 aromatic carbocycles. The number of amides is 3. The van der Waals surface area contributed by atoms with Crippen LogP contribution in [0.25, 0.3) is 6.08 Å². The molecule has 10 heteroatoms. The number of hydrogen-bond donors (Lipinski definition) is 1. The summed E-state index contributed by atoms with van der Waals surface area (Å²) >= 11 is 10.3. The molecule has 0 bridgehead atoms. The van der Waals surface area contributed by atoms with Crippen LogP contribution in [0.2, 0.25) is 5.02 Å². The van der Waals surface area contributed by atoms with E-state index >= 15 is 0 Å². The number of imide groups is 1. The van der Waals surface area contributed by atoms with Crippen molar-refractivity contribution < 1.29 is 23.9 Å². The average Bonchev–Trinajstić information content (AvgIpc) is 3.13. The van der Waals surface area contributed by atoms with E-state index in [-0.39, 0.29) is 29.9 Å². The Morgan fingerprint density at radius 1 is 1.08 bits per heavy atom. The van der Waals surface area contributed by atoms with E-state index in [1.165, 1.54) is 0 Å². The predicted molar refractivity (Wildman–Crippen MR) is 149 cm³/mol. The normalized spacial score (nSPS) is 14.2. The van der Waals surface area contributed by atoms with E-state index in [0.29, 0.717) is 27.8 Å². The molecule has 7 nitrogen and oxygen atoms in total. The number of benzene rings is 3. The van der Waals surface area contributed by atoms with Gasteiger partial charge in [-0.05, 0) is 67.2 Å². The van der Waals surface area contributed by atoms with Gasteiger partial charge in [-0.1, -0.05) is 57.4 Å². The van der Waals surface area contributed by atoms with E-state index in [1.807, 2.05) is 31.2 Å². The molecule has 0 radical (unpaired) electrons. The number of thioether (sulfide) groups is 1. The minimum Gasteiger partial charge on any atom is -0.492 e. The van der Waals surface area contributed by atoms with E-state index < -0.39 is 11.8 Å². The van der Waals surface area contributed by atoms with E-state index in [1.54, 1.807) is 48.5 Å². The van der Waals surface area contributed by atoms with Crippen LogP contribution in [0.4, 0.5) is 10.5 Å². The van der Waals surface area contributed by atoms with Crippen LogP contribution in [-0.4, -0.2) is 41.7 Å². The second kappa shape index (κ2) is 12.3. The van der Waals surface area contributed by atoms with Crippen molar-refractivity contribution in [2.45, 2.75) is 6.92 Å². The van der Waals surface area contributed by atoms with Crippen molar-refractivity contribution in [3.05, 3.63) is 92.3 Å². The van der Waals surface area contributed by atoms with Crippen LogP contribution in [0, 0.1) is 6.92 Å². The number of hydrogen-bond acceptors (Lipinski definition) is 6. The molecule has 0 unspecified atom stereocenters. The van der Waals surface area contributed by atoms with E-state index in [2.05, 4.69) is 21.2 Å². The molecule has 0 aromatic heterocycles. The van der Waals surface area contributed by atoms with Crippen LogP contribution in [-0.2, 0) is 9.59 Å². The third-order valence-corrected chi connectivity index (χ3v) is 6.97. The van der Waals surface area contributed by atoms with Gasteiger partial charge in [0.15, 0.2) is 6.61 Å². The summed E-state index contributed by atoms with van der Waals surface area (Å²) in [5.74, 6) is 0.246. The number of halogens is 2. The number of nitrogens with zero attached hydrogens (tertiary/aromatic N) is 1. The van der Waals surface area contributed by atoms with Crippen molar-refractivity contribution >= 4 is 68.1 Å². The lowest BCUT2D eigenvalue weighted by atomic mass is 10.2. The second-order valence-electron chi connectivity index (χ2n) is 7.99. The molecular formula is C27H22BrClN2O5S. The SMILES string of the molecule is Cc1ccc(OCCN2C(=O)S/C(=C\c3cc(Br)ccc3OCC(=O)Nc3ccccc3Cl)C2=O)cc1. The quantitative estimate of drug-likeness (QED) is 0.280. The first-order valence-corrected chi connectivity index (χ1v) is 13.2. The van der Waals surface area contributed by atoms with Crippen LogP contribution in [0.3, 0.4) is 0 Å². The first-order valence-electron chi connectivity index (χ1n) is 11.2. The van der Waals surface area contributed by atoms with Crippen molar-refractivity contribution in [1.29, 1.82) is 0 Å². The maximum Gasteiger partial charge on any atom is 0.293 e. The molecule has 190 valence electrons. The maximum absolute atomic E-state index is 12.9. The lowest BCUT2D eigenvalue weighted by molar-refractivity contribution is -0.123. The summed E-state index contributed by atoms with van der Waals surface area (Å²) in [6.07, 6.45) is 1.58. The molecule has 37 heavy (non-hydrogen) atoms. The molecule has 1 fully saturated rings. The van der Waals surface area contributed by atoms with Crippen molar-refractivity contribution in [2.24, 2.45) is 0 Å². The van der Waals surface area contributed by atoms with Gasteiger partial charge >= 0.3 is 0 Å². The Morgan fingerprint density at radius 2 is 1.84 bits per heavy atom. The monoisotopic (exact) mass is 600 g/mol. The fraction of sp³-hybridized carbons (Fsp3) is 0.148. The number of rotatable bonds is 9. The topological polar surface area (TPSA) is 84.9 Å². The fourth-order valence-electron chi connectivity index (χ4n) is 3.38. The Hall–Kier alpha value is -3.27. The minimum absolute atomic E-state index is 0.125. The van der Waals surface area contributed by atoms with Crippen molar-refractivity contribution in [2.75, 3.05) is 25.1 Å². The summed E-state index contributed by atoms with van der Waals surface area (Å²) in [6, 6.07) is 19.6. The highest BCUT2D eigenvalue weighted by molar-refractivity contribution is 9.10. The lowest BCUT2D eigenvalue weighted by Gasteiger charge is -2.13. The number of carbonyl (C=O) groups is 3. The van der Waals surface area contributed by atoms with Crippen molar-refractivity contribution in [1.82, 2.24) is 4.90 Å². The number of anilines is 1. The highest BCUT2D eigenvalue weighted by atomic mass is 79.9. The van der Waals surface area contributed by atoms with Gasteiger partial charge in [0.25, 0.3) is 17.1 Å². The molecule has 1 N–H and O–H groups in total. The third kappa shape index (κ3) is 7.15. The second-order valence-corrected chi connectivity index (χ2v) is 10.3. The number of carbonyl (C=O) groups excluding carboxylic acids is 3. The summed E-state index contributed by atoms with van der Waals surface area (Å²) in [5.41, 5.74) is 2.13. The molecule has 3 aromatic rings. The Bertz CT molecular complexity index is 1360. The van der Waals surface area contributed by atoms with Crippen LogP contribution < -0.4 is 14.8 Å². The van der Waals surface area contributed by atoms with Crippen molar-refractivity contribution in [3.8, 4) is 11.5 Å². The smallest absolute Gasteiger partial charge is 0.293 e. The summed E-state index contributed by atoms with van der Waals surface area (Å²) in [6.45, 7) is 2.01. The van der Waals surface area contributed by atoms with Crippen LogP contribution in [0.1, 0.15) is 11.1 Å². The summed E-state index contributed by atoms with van der Waals surface area (Å²) in [5, 5.41) is 2.74. The third-order valence-electron chi connectivity index (χ3n) is 5.24. The standard InChI is InChI=1S/C27H22BrClN2O5S/c1-17-6-9-20(10-7-17)35-13-12-31-26(33)24(37-27(31)34)15-18-14-19(28)8-11-23(18)36-16-25(32)30-22-5-3-2-4-21(22)29/h2-11,14-15H,12-13,16H2,1H3,(H,30,32)/b24-15-. The molecule has 1 aliphatic rings. The summed E-state index contributed by atoms with van der Waals surface area (Å²) < 4.78 is 12.1. The Labute approximate surface area is 231 Å². The Kier molecular flexibility index (Phi) is 8.91. The average molecular weight is 602 g/mol. The van der Waals surface area contributed by atoms with Gasteiger partial charge in [0.05, 0.1) is 22.2 Å².